The van der Waals surface area contributed by atoms with Crippen molar-refractivity contribution in [1.29, 1.82) is 5.26 Å². The lowest BCUT2D eigenvalue weighted by atomic mass is 10.2. The molecule has 0 aromatic rings. The van der Waals surface area contributed by atoms with E-state index in [1.807, 2.05) is 0 Å². The van der Waals surface area contributed by atoms with E-state index < -0.39 is 0 Å². The Morgan fingerprint density at radius 3 is 2.50 bits per heavy atom. The van der Waals surface area contributed by atoms with Crippen LogP contribution in [0.25, 0.3) is 0 Å². The highest BCUT2D eigenvalue weighted by atomic mass is 16.5. The molecule has 0 saturated carbocycles. The van der Waals surface area contributed by atoms with Crippen molar-refractivity contribution in [2.45, 2.75) is 32.1 Å². The summed E-state index contributed by atoms with van der Waals surface area (Å²) in [6.45, 7) is 3.78. The van der Waals surface area contributed by atoms with Crippen LogP contribution in [-0.4, -0.2) is 50.0 Å². The smallest absolute Gasteiger partial charge is 0.0635 e. The highest BCUT2D eigenvalue weighted by Gasteiger charge is 2.03. The van der Waals surface area contributed by atoms with Crippen LogP contribution in [0.15, 0.2) is 0 Å². The molecule has 0 radical (unpaired) electrons. The van der Waals surface area contributed by atoms with E-state index in [1.165, 1.54) is 0 Å². The Kier molecular flexibility index (Phi) is 11.9. The number of methoxy groups -OCH3 is 1. The van der Waals surface area contributed by atoms with Gasteiger partial charge in [-0.05, 0) is 19.4 Å². The molecule has 0 saturated heterocycles. The molecule has 16 heavy (non-hydrogen) atoms. The largest absolute Gasteiger partial charge is 0.396 e. The first kappa shape index (κ1) is 15.4. The minimum absolute atomic E-state index is 0.293. The Balaban J connectivity index is 3.53. The number of unbranched alkanes of at least 4 members (excludes halogenated alkanes) is 3. The zero-order valence-electron chi connectivity index (χ0n) is 10.3. The van der Waals surface area contributed by atoms with Crippen molar-refractivity contribution in [2.75, 3.05) is 40.0 Å². The first-order valence-electron chi connectivity index (χ1n) is 6.04. The average molecular weight is 228 g/mol. The number of nitrogens with zero attached hydrogens (tertiary/aromatic N) is 2. The number of ether oxygens (including phenoxy) is 1. The van der Waals surface area contributed by atoms with Crippen LogP contribution in [0.4, 0.5) is 0 Å². The Labute approximate surface area is 98.8 Å². The molecule has 0 bridgehead atoms. The summed E-state index contributed by atoms with van der Waals surface area (Å²) in [6, 6.07) is 2.17. The lowest BCUT2D eigenvalue weighted by Crippen LogP contribution is -2.29. The zero-order chi connectivity index (χ0) is 12.1. The summed E-state index contributed by atoms with van der Waals surface area (Å²) in [7, 11) is 1.70. The van der Waals surface area contributed by atoms with Gasteiger partial charge < -0.3 is 14.7 Å². The maximum atomic E-state index is 8.64. The fourth-order valence-corrected chi connectivity index (χ4v) is 1.56. The van der Waals surface area contributed by atoms with Gasteiger partial charge in [0.15, 0.2) is 0 Å². The van der Waals surface area contributed by atoms with Gasteiger partial charge >= 0.3 is 0 Å². The first-order chi connectivity index (χ1) is 7.85. The monoisotopic (exact) mass is 228 g/mol. The molecule has 0 spiro atoms. The minimum Gasteiger partial charge on any atom is -0.396 e. The summed E-state index contributed by atoms with van der Waals surface area (Å²) >= 11 is 0. The van der Waals surface area contributed by atoms with Crippen LogP contribution in [0.2, 0.25) is 0 Å². The van der Waals surface area contributed by atoms with Crippen molar-refractivity contribution in [2.24, 2.45) is 0 Å². The molecule has 4 nitrogen and oxygen atoms in total. The van der Waals surface area contributed by atoms with Crippen molar-refractivity contribution in [3.8, 4) is 6.07 Å². The molecule has 0 fully saturated rings. The zero-order valence-corrected chi connectivity index (χ0v) is 10.3. The number of hydrogen-bond donors (Lipinski definition) is 1. The first-order valence-corrected chi connectivity index (χ1v) is 6.04. The van der Waals surface area contributed by atoms with E-state index in [2.05, 4.69) is 11.0 Å². The maximum Gasteiger partial charge on any atom is 0.0635 e. The van der Waals surface area contributed by atoms with Crippen molar-refractivity contribution in [3.63, 3.8) is 0 Å². The van der Waals surface area contributed by atoms with Crippen LogP contribution < -0.4 is 0 Å². The van der Waals surface area contributed by atoms with Gasteiger partial charge in [-0.3, -0.25) is 0 Å². The molecule has 1 N–H and O–H groups in total. The number of nitriles is 1. The molecule has 0 aliphatic rings. The molecule has 94 valence electrons. The quantitative estimate of drug-likeness (QED) is 0.543. The number of aliphatic hydroxyl groups is 1. The second-order valence-corrected chi connectivity index (χ2v) is 3.88. The molecular weight excluding hydrogens is 204 g/mol. The fraction of sp³-hybridized carbons (Fsp3) is 0.917. The summed E-state index contributed by atoms with van der Waals surface area (Å²) in [6.07, 6.45) is 4.86. The third kappa shape index (κ3) is 9.91. The van der Waals surface area contributed by atoms with E-state index >= 15 is 0 Å². The highest BCUT2D eigenvalue weighted by molar-refractivity contribution is 4.72. The Morgan fingerprint density at radius 2 is 1.88 bits per heavy atom. The van der Waals surface area contributed by atoms with Crippen LogP contribution in [0.3, 0.4) is 0 Å². The predicted molar refractivity (Wildman–Crippen MR) is 64.1 cm³/mol. The van der Waals surface area contributed by atoms with E-state index in [0.29, 0.717) is 13.0 Å². The van der Waals surface area contributed by atoms with Gasteiger partial charge in [-0.15, -0.1) is 0 Å². The number of aliphatic hydroxyl groups excluding tert-OH is 1. The van der Waals surface area contributed by atoms with Crippen LogP contribution >= 0.6 is 0 Å². The molecular formula is C12H24N2O2. The second kappa shape index (κ2) is 12.4. The van der Waals surface area contributed by atoms with E-state index in [0.717, 1.165) is 51.9 Å². The van der Waals surface area contributed by atoms with Crippen LogP contribution in [0, 0.1) is 11.3 Å². The molecule has 0 heterocycles. The summed E-state index contributed by atoms with van der Waals surface area (Å²) in [5.41, 5.74) is 0. The molecule has 0 amide bonds. The van der Waals surface area contributed by atoms with E-state index in [4.69, 9.17) is 15.1 Å². The van der Waals surface area contributed by atoms with Gasteiger partial charge in [-0.2, -0.15) is 5.26 Å². The van der Waals surface area contributed by atoms with Crippen LogP contribution in [0.1, 0.15) is 32.1 Å². The lowest BCUT2D eigenvalue weighted by Gasteiger charge is -2.20. The van der Waals surface area contributed by atoms with Gasteiger partial charge in [0, 0.05) is 33.2 Å². The van der Waals surface area contributed by atoms with Crippen molar-refractivity contribution >= 4 is 0 Å². The lowest BCUT2D eigenvalue weighted by molar-refractivity contribution is 0.147. The maximum absolute atomic E-state index is 8.64. The normalized spacial score (nSPS) is 10.6. The van der Waals surface area contributed by atoms with E-state index in [1.54, 1.807) is 7.11 Å². The number of hydrogen-bond acceptors (Lipinski definition) is 4. The number of rotatable bonds is 11. The molecule has 0 aliphatic heterocycles. The third-order valence-electron chi connectivity index (χ3n) is 2.53. The fourth-order valence-electron chi connectivity index (χ4n) is 1.56. The summed E-state index contributed by atoms with van der Waals surface area (Å²) in [5, 5.41) is 17.2. The van der Waals surface area contributed by atoms with Gasteiger partial charge in [0.05, 0.1) is 12.7 Å². The van der Waals surface area contributed by atoms with Crippen LogP contribution in [0.5, 0.6) is 0 Å². The Morgan fingerprint density at radius 1 is 1.12 bits per heavy atom. The van der Waals surface area contributed by atoms with Crippen molar-refractivity contribution in [3.05, 3.63) is 0 Å². The van der Waals surface area contributed by atoms with Gasteiger partial charge in [0.1, 0.15) is 0 Å². The van der Waals surface area contributed by atoms with E-state index in [9.17, 15) is 0 Å². The SMILES string of the molecule is COCCN(CCC#N)CCCCCCO. The summed E-state index contributed by atoms with van der Waals surface area (Å²) in [4.78, 5) is 2.27. The van der Waals surface area contributed by atoms with Gasteiger partial charge in [0.2, 0.25) is 0 Å². The van der Waals surface area contributed by atoms with Gasteiger partial charge in [-0.1, -0.05) is 12.8 Å². The van der Waals surface area contributed by atoms with Crippen molar-refractivity contribution in [1.82, 2.24) is 4.90 Å². The Bertz CT molecular complexity index is 180. The summed E-state index contributed by atoms with van der Waals surface area (Å²) in [5.74, 6) is 0. The average Bonchev–Trinajstić information content (AvgIpc) is 2.31. The molecule has 0 aromatic heterocycles. The van der Waals surface area contributed by atoms with Crippen molar-refractivity contribution < 1.29 is 9.84 Å². The highest BCUT2D eigenvalue weighted by Crippen LogP contribution is 2.02. The standard InChI is InChI=1S/C12H24N2O2/c1-16-12-10-14(9-6-7-13)8-4-2-3-5-11-15/h15H,2-6,8-12H2,1H3. The van der Waals surface area contributed by atoms with Crippen LogP contribution in [-0.2, 0) is 4.74 Å². The summed E-state index contributed by atoms with van der Waals surface area (Å²) < 4.78 is 5.04. The molecule has 0 unspecified atom stereocenters. The molecule has 4 heteroatoms. The molecule has 0 aromatic carbocycles. The van der Waals surface area contributed by atoms with E-state index in [-0.39, 0.29) is 0 Å². The molecule has 0 aliphatic carbocycles. The Hall–Kier alpha value is -0.630. The van der Waals surface area contributed by atoms with Gasteiger partial charge in [0.25, 0.3) is 0 Å². The predicted octanol–water partition coefficient (Wildman–Crippen LogP) is 1.40. The molecule has 0 atom stereocenters. The third-order valence-corrected chi connectivity index (χ3v) is 2.53. The topological polar surface area (TPSA) is 56.5 Å². The van der Waals surface area contributed by atoms with Gasteiger partial charge in [-0.25, -0.2) is 0 Å². The second-order valence-electron chi connectivity index (χ2n) is 3.88. The minimum atomic E-state index is 0.293. The molecule has 0 rings (SSSR count).